The zero-order valence-corrected chi connectivity index (χ0v) is 13.0. The Morgan fingerprint density at radius 3 is 2.11 bits per heavy atom. The minimum Gasteiger partial charge on any atom is -0.306 e. The summed E-state index contributed by atoms with van der Waals surface area (Å²) in [5, 5.41) is 3.95. The Kier molecular flexibility index (Phi) is 2.83. The molecule has 19 heavy (non-hydrogen) atoms. The first kappa shape index (κ1) is 13.2. The van der Waals surface area contributed by atoms with E-state index in [1.54, 1.807) is 11.1 Å². The smallest absolute Gasteiger partial charge is 0.0326 e. The van der Waals surface area contributed by atoms with E-state index < -0.39 is 0 Å². The van der Waals surface area contributed by atoms with Gasteiger partial charge in [0.05, 0.1) is 0 Å². The normalized spacial score (nSPS) is 31.8. The molecular weight excluding hydrogens is 230 g/mol. The molecule has 2 aliphatic rings. The third-order valence-corrected chi connectivity index (χ3v) is 6.18. The Balaban J connectivity index is 1.83. The molecule has 2 aliphatic carbocycles. The summed E-state index contributed by atoms with van der Waals surface area (Å²) >= 11 is 0. The lowest BCUT2D eigenvalue weighted by Crippen LogP contribution is -2.31. The number of nitrogens with one attached hydrogen (secondary N) is 1. The predicted molar refractivity (Wildman–Crippen MR) is 81.3 cm³/mol. The second kappa shape index (κ2) is 4.09. The average molecular weight is 257 g/mol. The Bertz CT molecular complexity index is 472. The summed E-state index contributed by atoms with van der Waals surface area (Å²) in [6.45, 7) is 11.9. The molecule has 2 unspecified atom stereocenters. The Labute approximate surface area is 117 Å². The summed E-state index contributed by atoms with van der Waals surface area (Å²) in [5.74, 6) is 0.717. The molecular formula is C18H27N. The molecule has 0 aliphatic heterocycles. The van der Waals surface area contributed by atoms with E-state index in [1.807, 2.05) is 0 Å². The maximum atomic E-state index is 3.95. The van der Waals surface area contributed by atoms with Crippen molar-refractivity contribution in [2.45, 2.75) is 65.5 Å². The highest BCUT2D eigenvalue weighted by Crippen LogP contribution is 2.63. The second-order valence-electron chi connectivity index (χ2n) is 7.70. The van der Waals surface area contributed by atoms with Gasteiger partial charge in [-0.3, -0.25) is 0 Å². The van der Waals surface area contributed by atoms with Gasteiger partial charge in [0.1, 0.15) is 0 Å². The maximum Gasteiger partial charge on any atom is 0.0326 e. The number of benzene rings is 1. The number of hydrogen-bond acceptors (Lipinski definition) is 1. The molecule has 1 aromatic carbocycles. The molecule has 0 saturated heterocycles. The van der Waals surface area contributed by atoms with Crippen molar-refractivity contribution in [2.24, 2.45) is 10.8 Å². The quantitative estimate of drug-likeness (QED) is 0.813. The second-order valence-corrected chi connectivity index (χ2v) is 7.70. The summed E-state index contributed by atoms with van der Waals surface area (Å²) < 4.78 is 0. The van der Waals surface area contributed by atoms with Crippen molar-refractivity contribution in [2.75, 3.05) is 0 Å². The van der Waals surface area contributed by atoms with Gasteiger partial charge in [0.15, 0.2) is 0 Å². The Morgan fingerprint density at radius 2 is 1.53 bits per heavy atom. The van der Waals surface area contributed by atoms with Crippen LogP contribution in [-0.2, 0) is 0 Å². The highest BCUT2D eigenvalue weighted by Gasteiger charge is 2.65. The molecule has 1 heteroatoms. The van der Waals surface area contributed by atoms with Crippen molar-refractivity contribution >= 4 is 0 Å². The molecule has 1 fully saturated rings. The van der Waals surface area contributed by atoms with Gasteiger partial charge in [-0.25, -0.2) is 0 Å². The number of fused-ring (bicyclic) bond motifs is 1. The molecule has 1 N–H and O–H groups in total. The molecule has 1 saturated carbocycles. The minimum absolute atomic E-state index is 0.422. The van der Waals surface area contributed by atoms with Crippen LogP contribution < -0.4 is 5.32 Å². The molecule has 3 rings (SSSR count). The molecule has 104 valence electrons. The van der Waals surface area contributed by atoms with Crippen LogP contribution >= 0.6 is 0 Å². The van der Waals surface area contributed by atoms with Crippen molar-refractivity contribution in [3.63, 3.8) is 0 Å². The first-order chi connectivity index (χ1) is 8.85. The fourth-order valence-corrected chi connectivity index (χ4v) is 3.99. The van der Waals surface area contributed by atoms with E-state index >= 15 is 0 Å². The van der Waals surface area contributed by atoms with Gasteiger partial charge in [0, 0.05) is 12.1 Å². The van der Waals surface area contributed by atoms with E-state index in [4.69, 9.17) is 0 Å². The van der Waals surface area contributed by atoms with E-state index in [0.29, 0.717) is 22.9 Å². The van der Waals surface area contributed by atoms with Crippen LogP contribution in [0.2, 0.25) is 0 Å². The lowest BCUT2D eigenvalue weighted by molar-refractivity contribution is 0.402. The van der Waals surface area contributed by atoms with Crippen molar-refractivity contribution in [1.29, 1.82) is 0 Å². The molecule has 0 bridgehead atoms. The van der Waals surface area contributed by atoms with Gasteiger partial charge in [0.25, 0.3) is 0 Å². The monoisotopic (exact) mass is 257 g/mol. The standard InChI is InChI=1S/C18H27N/c1-12-10-11-15(14-9-7-6-8-13(12)14)19-16-17(2,3)18(16,4)5/h6-9,12,15-16,19H,10-11H2,1-5H3. The van der Waals surface area contributed by atoms with Crippen LogP contribution in [0.25, 0.3) is 0 Å². The fourth-order valence-electron chi connectivity index (χ4n) is 3.99. The largest absolute Gasteiger partial charge is 0.306 e. The highest BCUT2D eigenvalue weighted by molar-refractivity contribution is 5.35. The van der Waals surface area contributed by atoms with E-state index in [2.05, 4.69) is 64.2 Å². The van der Waals surface area contributed by atoms with E-state index in [-0.39, 0.29) is 0 Å². The molecule has 0 heterocycles. The van der Waals surface area contributed by atoms with Gasteiger partial charge in [-0.1, -0.05) is 58.9 Å². The van der Waals surface area contributed by atoms with Crippen molar-refractivity contribution in [3.8, 4) is 0 Å². The molecule has 1 aromatic rings. The molecule has 0 amide bonds. The number of hydrogen-bond donors (Lipinski definition) is 1. The summed E-state index contributed by atoms with van der Waals surface area (Å²) in [6.07, 6.45) is 2.59. The minimum atomic E-state index is 0.422. The molecule has 0 aromatic heterocycles. The van der Waals surface area contributed by atoms with Crippen LogP contribution in [0.5, 0.6) is 0 Å². The predicted octanol–water partition coefficient (Wildman–Crippen LogP) is 4.65. The molecule has 1 nitrogen and oxygen atoms in total. The highest BCUT2D eigenvalue weighted by atomic mass is 15.1. The summed E-state index contributed by atoms with van der Waals surface area (Å²) in [5.41, 5.74) is 3.94. The summed E-state index contributed by atoms with van der Waals surface area (Å²) in [6, 6.07) is 10.2. The average Bonchev–Trinajstić information content (AvgIpc) is 2.75. The van der Waals surface area contributed by atoms with Crippen LogP contribution in [0.15, 0.2) is 24.3 Å². The van der Waals surface area contributed by atoms with Gasteiger partial charge in [0.2, 0.25) is 0 Å². The van der Waals surface area contributed by atoms with Crippen molar-refractivity contribution < 1.29 is 0 Å². The lowest BCUT2D eigenvalue weighted by Gasteiger charge is -2.31. The zero-order valence-electron chi connectivity index (χ0n) is 13.0. The van der Waals surface area contributed by atoms with Gasteiger partial charge in [-0.05, 0) is 40.7 Å². The van der Waals surface area contributed by atoms with Gasteiger partial charge in [-0.2, -0.15) is 0 Å². The fraction of sp³-hybridized carbons (Fsp3) is 0.667. The first-order valence-corrected chi connectivity index (χ1v) is 7.70. The topological polar surface area (TPSA) is 12.0 Å². The SMILES string of the molecule is CC1CCC(NC2C(C)(C)C2(C)C)c2ccccc21. The van der Waals surface area contributed by atoms with Crippen molar-refractivity contribution in [1.82, 2.24) is 5.32 Å². The molecule has 2 atom stereocenters. The number of rotatable bonds is 2. The van der Waals surface area contributed by atoms with Crippen LogP contribution in [0, 0.1) is 10.8 Å². The Morgan fingerprint density at radius 1 is 0.947 bits per heavy atom. The van der Waals surface area contributed by atoms with Gasteiger partial charge < -0.3 is 5.32 Å². The van der Waals surface area contributed by atoms with E-state index in [1.165, 1.54) is 12.8 Å². The van der Waals surface area contributed by atoms with Crippen molar-refractivity contribution in [3.05, 3.63) is 35.4 Å². The van der Waals surface area contributed by atoms with E-state index in [9.17, 15) is 0 Å². The van der Waals surface area contributed by atoms with Gasteiger partial charge in [-0.15, -0.1) is 0 Å². The lowest BCUT2D eigenvalue weighted by atomic mass is 9.81. The molecule has 0 radical (unpaired) electrons. The van der Waals surface area contributed by atoms with E-state index in [0.717, 1.165) is 5.92 Å². The molecule has 0 spiro atoms. The van der Waals surface area contributed by atoms with Gasteiger partial charge >= 0.3 is 0 Å². The van der Waals surface area contributed by atoms with Crippen LogP contribution in [0.1, 0.15) is 70.5 Å². The third-order valence-electron chi connectivity index (χ3n) is 6.18. The van der Waals surface area contributed by atoms with Crippen LogP contribution in [-0.4, -0.2) is 6.04 Å². The Hall–Kier alpha value is -0.820. The van der Waals surface area contributed by atoms with Crippen LogP contribution in [0.3, 0.4) is 0 Å². The summed E-state index contributed by atoms with van der Waals surface area (Å²) in [7, 11) is 0. The first-order valence-electron chi connectivity index (χ1n) is 7.70. The third kappa shape index (κ3) is 1.86. The summed E-state index contributed by atoms with van der Waals surface area (Å²) in [4.78, 5) is 0. The zero-order chi connectivity index (χ0) is 13.8. The maximum absolute atomic E-state index is 3.95. The van der Waals surface area contributed by atoms with Crippen LogP contribution in [0.4, 0.5) is 0 Å².